The number of nitrogens with zero attached hydrogens (tertiary/aromatic N) is 2. The summed E-state index contributed by atoms with van der Waals surface area (Å²) in [6.45, 7) is 6.59. The SMILES string of the molecule is CC(C)(C)OC(=O)N1CCC(N(S)C(N)=O)CC1. The van der Waals surface area contributed by atoms with Gasteiger partial charge in [0.1, 0.15) is 5.60 Å². The Kier molecular flexibility index (Phi) is 4.72. The summed E-state index contributed by atoms with van der Waals surface area (Å²) in [6.07, 6.45) is 1.00. The fraction of sp³-hybridized carbons (Fsp3) is 0.818. The Labute approximate surface area is 113 Å². The van der Waals surface area contributed by atoms with Gasteiger partial charge in [-0.1, -0.05) is 12.8 Å². The summed E-state index contributed by atoms with van der Waals surface area (Å²) in [5.74, 6) is 0. The first-order chi connectivity index (χ1) is 8.20. The summed E-state index contributed by atoms with van der Waals surface area (Å²) >= 11 is 4.04. The zero-order valence-corrected chi connectivity index (χ0v) is 11.9. The van der Waals surface area contributed by atoms with Gasteiger partial charge in [-0.2, -0.15) is 0 Å². The zero-order valence-electron chi connectivity index (χ0n) is 11.0. The van der Waals surface area contributed by atoms with E-state index in [2.05, 4.69) is 12.8 Å². The van der Waals surface area contributed by atoms with Gasteiger partial charge < -0.3 is 15.4 Å². The highest BCUT2D eigenvalue weighted by atomic mass is 32.1. The van der Waals surface area contributed by atoms with Crippen molar-refractivity contribution in [2.75, 3.05) is 13.1 Å². The number of rotatable bonds is 1. The van der Waals surface area contributed by atoms with Crippen LogP contribution in [-0.4, -0.2) is 46.1 Å². The minimum atomic E-state index is -0.561. The number of hydrogen-bond donors (Lipinski definition) is 2. The van der Waals surface area contributed by atoms with Crippen LogP contribution < -0.4 is 5.73 Å². The van der Waals surface area contributed by atoms with E-state index in [1.54, 1.807) is 4.90 Å². The highest BCUT2D eigenvalue weighted by molar-refractivity contribution is 7.78. The maximum absolute atomic E-state index is 11.8. The molecule has 0 radical (unpaired) electrons. The number of amides is 3. The lowest BCUT2D eigenvalue weighted by atomic mass is 10.1. The van der Waals surface area contributed by atoms with Crippen LogP contribution in [0.4, 0.5) is 9.59 Å². The summed E-state index contributed by atoms with van der Waals surface area (Å²) in [7, 11) is 0. The molecular formula is C11H21N3O3S. The van der Waals surface area contributed by atoms with E-state index in [1.165, 1.54) is 4.31 Å². The smallest absolute Gasteiger partial charge is 0.410 e. The van der Waals surface area contributed by atoms with E-state index >= 15 is 0 Å². The van der Waals surface area contributed by atoms with E-state index in [1.807, 2.05) is 20.8 Å². The first-order valence-corrected chi connectivity index (χ1v) is 6.36. The van der Waals surface area contributed by atoms with Crippen LogP contribution in [0.2, 0.25) is 0 Å². The summed E-state index contributed by atoms with van der Waals surface area (Å²) in [5, 5.41) is 0. The number of primary amides is 1. The Hall–Kier alpha value is -1.11. The Morgan fingerprint density at radius 3 is 2.22 bits per heavy atom. The third kappa shape index (κ3) is 4.29. The molecule has 1 aliphatic rings. The van der Waals surface area contributed by atoms with Crippen LogP contribution in [0.3, 0.4) is 0 Å². The normalized spacial score (nSPS) is 17.4. The van der Waals surface area contributed by atoms with Gasteiger partial charge in [0.2, 0.25) is 0 Å². The summed E-state index contributed by atoms with van der Waals surface area (Å²) in [6, 6.07) is -0.585. The van der Waals surface area contributed by atoms with Gasteiger partial charge in [0.25, 0.3) is 0 Å². The third-order valence-electron chi connectivity index (χ3n) is 2.69. The second-order valence-corrected chi connectivity index (χ2v) is 5.81. The van der Waals surface area contributed by atoms with Gasteiger partial charge in [-0.15, -0.1) is 0 Å². The van der Waals surface area contributed by atoms with Crippen LogP contribution in [0.15, 0.2) is 0 Å². The van der Waals surface area contributed by atoms with Gasteiger partial charge in [-0.3, -0.25) is 4.31 Å². The van der Waals surface area contributed by atoms with Gasteiger partial charge in [0.15, 0.2) is 0 Å². The van der Waals surface area contributed by atoms with Gasteiger partial charge in [0, 0.05) is 19.1 Å². The maximum atomic E-state index is 11.8. The molecule has 3 amide bonds. The molecule has 18 heavy (non-hydrogen) atoms. The van der Waals surface area contributed by atoms with Gasteiger partial charge in [-0.05, 0) is 33.6 Å². The fourth-order valence-corrected chi connectivity index (χ4v) is 2.03. The van der Waals surface area contributed by atoms with E-state index in [4.69, 9.17) is 10.5 Å². The number of urea groups is 1. The van der Waals surface area contributed by atoms with Crippen LogP contribution in [0.5, 0.6) is 0 Å². The largest absolute Gasteiger partial charge is 0.444 e. The molecule has 1 saturated heterocycles. The molecule has 0 unspecified atom stereocenters. The Bertz CT molecular complexity index is 322. The molecule has 6 nitrogen and oxygen atoms in total. The summed E-state index contributed by atoms with van der Waals surface area (Å²) in [4.78, 5) is 24.4. The molecule has 0 aromatic heterocycles. The first-order valence-electron chi connectivity index (χ1n) is 5.96. The molecular weight excluding hydrogens is 254 g/mol. The van der Waals surface area contributed by atoms with Crippen LogP contribution in [0.1, 0.15) is 33.6 Å². The van der Waals surface area contributed by atoms with E-state index in [0.717, 1.165) is 0 Å². The van der Waals surface area contributed by atoms with E-state index in [-0.39, 0.29) is 12.1 Å². The molecule has 0 bridgehead atoms. The van der Waals surface area contributed by atoms with Crippen molar-refractivity contribution in [1.82, 2.24) is 9.21 Å². The molecule has 0 aromatic carbocycles. The van der Waals surface area contributed by atoms with E-state index in [9.17, 15) is 9.59 Å². The van der Waals surface area contributed by atoms with Crippen molar-refractivity contribution in [3.8, 4) is 0 Å². The molecule has 0 aliphatic carbocycles. The van der Waals surface area contributed by atoms with Gasteiger partial charge in [0.05, 0.1) is 0 Å². The average Bonchev–Trinajstić information content (AvgIpc) is 2.26. The average molecular weight is 275 g/mol. The summed E-state index contributed by atoms with van der Waals surface area (Å²) < 4.78 is 6.51. The number of hydrogen-bond acceptors (Lipinski definition) is 4. The lowest BCUT2D eigenvalue weighted by molar-refractivity contribution is 0.0189. The van der Waals surface area contributed by atoms with Crippen LogP contribution >= 0.6 is 12.8 Å². The fourth-order valence-electron chi connectivity index (χ4n) is 1.80. The molecule has 0 spiro atoms. The highest BCUT2D eigenvalue weighted by Gasteiger charge is 2.29. The molecule has 104 valence electrons. The monoisotopic (exact) mass is 275 g/mol. The molecule has 0 saturated carbocycles. The number of carbonyl (C=O) groups excluding carboxylic acids is 2. The quantitative estimate of drug-likeness (QED) is 0.714. The minimum absolute atomic E-state index is 0.0236. The topological polar surface area (TPSA) is 75.9 Å². The number of nitrogens with two attached hydrogens (primary N) is 1. The molecule has 1 fully saturated rings. The number of piperidine rings is 1. The Balaban J connectivity index is 2.44. The molecule has 2 N–H and O–H groups in total. The molecule has 1 aliphatic heterocycles. The second kappa shape index (κ2) is 5.69. The van der Waals surface area contributed by atoms with Crippen molar-refractivity contribution in [2.24, 2.45) is 5.73 Å². The molecule has 0 atom stereocenters. The van der Waals surface area contributed by atoms with Crippen molar-refractivity contribution >= 4 is 24.9 Å². The predicted octanol–water partition coefficient (Wildman–Crippen LogP) is 1.61. The summed E-state index contributed by atoms with van der Waals surface area (Å²) in [5.41, 5.74) is 4.66. The van der Waals surface area contributed by atoms with Gasteiger partial charge >= 0.3 is 12.1 Å². The van der Waals surface area contributed by atoms with E-state index < -0.39 is 11.6 Å². The Morgan fingerprint density at radius 1 is 1.33 bits per heavy atom. The van der Waals surface area contributed by atoms with Crippen LogP contribution in [-0.2, 0) is 4.74 Å². The van der Waals surface area contributed by atoms with Crippen molar-refractivity contribution < 1.29 is 14.3 Å². The Morgan fingerprint density at radius 2 is 1.83 bits per heavy atom. The number of ether oxygens (including phenoxy) is 1. The van der Waals surface area contributed by atoms with Crippen molar-refractivity contribution in [1.29, 1.82) is 0 Å². The number of thiol groups is 1. The van der Waals surface area contributed by atoms with E-state index in [0.29, 0.717) is 25.9 Å². The van der Waals surface area contributed by atoms with Gasteiger partial charge in [-0.25, -0.2) is 9.59 Å². The molecule has 0 aromatic rings. The number of likely N-dealkylation sites (tertiary alicyclic amines) is 1. The van der Waals surface area contributed by atoms with Crippen molar-refractivity contribution in [2.45, 2.75) is 45.3 Å². The zero-order chi connectivity index (χ0) is 13.9. The molecule has 1 heterocycles. The first kappa shape index (κ1) is 14.9. The number of carbonyl (C=O) groups is 2. The highest BCUT2D eigenvalue weighted by Crippen LogP contribution is 2.19. The maximum Gasteiger partial charge on any atom is 0.410 e. The third-order valence-corrected chi connectivity index (χ3v) is 3.21. The second-order valence-electron chi connectivity index (χ2n) is 5.38. The lowest BCUT2D eigenvalue weighted by Crippen LogP contribution is -2.48. The van der Waals surface area contributed by atoms with Crippen LogP contribution in [0.25, 0.3) is 0 Å². The van der Waals surface area contributed by atoms with Crippen molar-refractivity contribution in [3.05, 3.63) is 0 Å². The molecule has 7 heteroatoms. The van der Waals surface area contributed by atoms with Crippen molar-refractivity contribution in [3.63, 3.8) is 0 Å². The van der Waals surface area contributed by atoms with Crippen LogP contribution in [0, 0.1) is 0 Å². The minimum Gasteiger partial charge on any atom is -0.444 e. The predicted molar refractivity (Wildman–Crippen MR) is 71.2 cm³/mol. The lowest BCUT2D eigenvalue weighted by Gasteiger charge is -2.35. The standard InChI is InChI=1S/C11H21N3O3S/c1-11(2,3)17-10(16)13-6-4-8(5-7-13)14(18)9(12)15/h8,18H,4-7H2,1-3H3,(H2,12,15). The molecule has 1 rings (SSSR count).